The van der Waals surface area contributed by atoms with Gasteiger partial charge >= 0.3 is 58.4 Å². The Morgan fingerprint density at radius 1 is 1.42 bits per heavy atom. The number of nitrogens with one attached hydrogen (secondary N) is 1. The van der Waals surface area contributed by atoms with Gasteiger partial charge in [-0.2, -0.15) is 0 Å². The first-order valence-electron chi connectivity index (χ1n) is 5.80. The van der Waals surface area contributed by atoms with Gasteiger partial charge in [-0.3, -0.25) is 4.79 Å². The number of halogens is 3. The average Bonchev–Trinajstić information content (AvgIpc) is 2.67. The van der Waals surface area contributed by atoms with E-state index in [0.29, 0.717) is 0 Å². The maximum atomic E-state index is 12.8. The van der Waals surface area contributed by atoms with Crippen molar-refractivity contribution < 1.29 is 69.1 Å². The molecule has 0 aliphatic carbocycles. The molecule has 0 saturated carbocycles. The van der Waals surface area contributed by atoms with Gasteiger partial charge in [0.05, 0.1) is 6.42 Å². The van der Waals surface area contributed by atoms with E-state index < -0.39 is 18.8 Å². The number of amides is 1. The fourth-order valence-corrected chi connectivity index (χ4v) is 2.35. The molecular formula is C11H16BF3KNOS. The van der Waals surface area contributed by atoms with Crippen molar-refractivity contribution in [1.82, 2.24) is 5.32 Å². The van der Waals surface area contributed by atoms with Crippen LogP contribution in [0.25, 0.3) is 0 Å². The minimum Gasteiger partial charge on any atom is -0.448 e. The Morgan fingerprint density at radius 3 is 2.47 bits per heavy atom. The van der Waals surface area contributed by atoms with Crippen LogP contribution >= 0.6 is 11.3 Å². The second kappa shape index (κ2) is 8.84. The predicted molar refractivity (Wildman–Crippen MR) is 68.5 cm³/mol. The van der Waals surface area contributed by atoms with E-state index in [9.17, 15) is 17.7 Å². The minimum absolute atomic E-state index is 0. The Labute approximate surface area is 158 Å². The number of hydrogen-bond acceptors (Lipinski definition) is 2. The van der Waals surface area contributed by atoms with Crippen molar-refractivity contribution in [3.63, 3.8) is 0 Å². The van der Waals surface area contributed by atoms with E-state index in [-0.39, 0.29) is 70.1 Å². The third kappa shape index (κ3) is 7.87. The van der Waals surface area contributed by atoms with Crippen LogP contribution in [-0.2, 0) is 11.2 Å². The molecule has 0 fully saturated rings. The molecule has 102 valence electrons. The standard InChI is InChI=1S/C11H16BF3NOS.K/c1-8(2)6-10(12(13,14)15)16-11(17)7-9-4-3-5-18-9;/h3-5,8,10H,6-7H2,1-2H3,(H,16,17);/q-1;+1/t10-;/m0./s1. The quantitative estimate of drug-likeness (QED) is 0.747. The third-order valence-corrected chi connectivity index (χ3v) is 3.32. The molecule has 0 aliphatic heterocycles. The summed E-state index contributed by atoms with van der Waals surface area (Å²) in [5.74, 6) is -2.37. The Balaban J connectivity index is 0.00000324. The molecule has 0 spiro atoms. The van der Waals surface area contributed by atoms with Crippen molar-refractivity contribution in [2.45, 2.75) is 32.6 Å². The summed E-state index contributed by atoms with van der Waals surface area (Å²) >= 11 is 1.36. The van der Waals surface area contributed by atoms with Crippen LogP contribution in [0.1, 0.15) is 25.1 Å². The van der Waals surface area contributed by atoms with Gasteiger partial charge < -0.3 is 18.3 Å². The van der Waals surface area contributed by atoms with Gasteiger partial charge in [-0.1, -0.05) is 26.3 Å². The first kappa shape index (κ1) is 19.7. The van der Waals surface area contributed by atoms with Gasteiger partial charge in [0.25, 0.3) is 0 Å². The average molecular weight is 317 g/mol. The topological polar surface area (TPSA) is 29.1 Å². The van der Waals surface area contributed by atoms with E-state index in [1.54, 1.807) is 31.4 Å². The maximum Gasteiger partial charge on any atom is 1.00 e. The maximum absolute atomic E-state index is 12.8. The molecule has 0 radical (unpaired) electrons. The molecule has 0 unspecified atom stereocenters. The molecular weight excluding hydrogens is 301 g/mol. The van der Waals surface area contributed by atoms with Crippen LogP contribution in [0.15, 0.2) is 17.5 Å². The van der Waals surface area contributed by atoms with Crippen molar-refractivity contribution in [1.29, 1.82) is 0 Å². The summed E-state index contributed by atoms with van der Waals surface area (Å²) in [7, 11) is 0. The smallest absolute Gasteiger partial charge is 0.448 e. The van der Waals surface area contributed by atoms with Crippen LogP contribution in [0.5, 0.6) is 0 Å². The zero-order chi connectivity index (χ0) is 13.8. The summed E-state index contributed by atoms with van der Waals surface area (Å²) in [6, 6.07) is 3.51. The Hall–Kier alpha value is 0.661. The van der Waals surface area contributed by atoms with E-state index in [1.165, 1.54) is 11.3 Å². The molecule has 2 nitrogen and oxygen atoms in total. The summed E-state index contributed by atoms with van der Waals surface area (Å²) in [6.07, 6.45) is -0.0574. The zero-order valence-electron chi connectivity index (χ0n) is 11.3. The molecule has 1 heterocycles. The van der Waals surface area contributed by atoms with E-state index in [0.717, 1.165) is 4.88 Å². The van der Waals surface area contributed by atoms with Gasteiger partial charge in [0.2, 0.25) is 5.91 Å². The number of rotatable bonds is 6. The van der Waals surface area contributed by atoms with E-state index in [1.807, 2.05) is 0 Å². The largest absolute Gasteiger partial charge is 1.00 e. The molecule has 1 N–H and O–H groups in total. The molecule has 0 aliphatic rings. The van der Waals surface area contributed by atoms with Crippen LogP contribution in [-0.4, -0.2) is 18.8 Å². The van der Waals surface area contributed by atoms with E-state index in [4.69, 9.17) is 0 Å². The molecule has 1 atom stereocenters. The van der Waals surface area contributed by atoms with Crippen LogP contribution in [0.4, 0.5) is 12.9 Å². The van der Waals surface area contributed by atoms with E-state index >= 15 is 0 Å². The van der Waals surface area contributed by atoms with Gasteiger partial charge in [-0.15, -0.1) is 11.3 Å². The van der Waals surface area contributed by atoms with Gasteiger partial charge in [0.15, 0.2) is 0 Å². The van der Waals surface area contributed by atoms with Gasteiger partial charge in [0.1, 0.15) is 0 Å². The Bertz CT molecular complexity index is 384. The second-order valence-electron chi connectivity index (χ2n) is 4.69. The fourth-order valence-electron chi connectivity index (χ4n) is 1.64. The Kier molecular flexibility index (Phi) is 9.15. The van der Waals surface area contributed by atoms with Crippen LogP contribution in [0.2, 0.25) is 0 Å². The van der Waals surface area contributed by atoms with Crippen molar-refractivity contribution in [2.75, 3.05) is 0 Å². The minimum atomic E-state index is -5.05. The third-order valence-electron chi connectivity index (χ3n) is 2.44. The zero-order valence-corrected chi connectivity index (χ0v) is 15.3. The predicted octanol–water partition coefficient (Wildman–Crippen LogP) is 0.212. The van der Waals surface area contributed by atoms with E-state index in [2.05, 4.69) is 5.32 Å². The van der Waals surface area contributed by atoms with Gasteiger partial charge in [-0.25, -0.2) is 0 Å². The summed E-state index contributed by atoms with van der Waals surface area (Å²) in [5.41, 5.74) is 0. The summed E-state index contributed by atoms with van der Waals surface area (Å²) in [5, 5.41) is 3.89. The van der Waals surface area contributed by atoms with Crippen molar-refractivity contribution in [3.8, 4) is 0 Å². The summed E-state index contributed by atoms with van der Waals surface area (Å²) in [6.45, 7) is -1.63. The number of thiophene rings is 1. The van der Waals surface area contributed by atoms with Crippen molar-refractivity contribution >= 4 is 24.2 Å². The number of hydrogen-bond donors (Lipinski definition) is 1. The normalized spacial score (nSPS) is 12.9. The molecule has 1 rings (SSSR count). The fraction of sp³-hybridized carbons (Fsp3) is 0.545. The summed E-state index contributed by atoms with van der Waals surface area (Å²) < 4.78 is 38.3. The summed E-state index contributed by atoms with van der Waals surface area (Å²) in [4.78, 5) is 12.3. The molecule has 0 saturated heterocycles. The SMILES string of the molecule is CC(C)C[C@H](NC(=O)Cc1cccs1)[B-](F)(F)F.[K+]. The first-order valence-corrected chi connectivity index (χ1v) is 6.68. The van der Waals surface area contributed by atoms with Gasteiger partial charge in [-0.05, 0) is 23.3 Å². The second-order valence-corrected chi connectivity index (χ2v) is 5.72. The molecule has 1 aromatic heterocycles. The number of carbonyl (C=O) groups excluding carboxylic acids is 1. The Morgan fingerprint density at radius 2 is 2.05 bits per heavy atom. The van der Waals surface area contributed by atoms with Crippen molar-refractivity contribution in [3.05, 3.63) is 22.4 Å². The molecule has 8 heteroatoms. The van der Waals surface area contributed by atoms with Gasteiger partial charge in [0, 0.05) is 4.88 Å². The van der Waals surface area contributed by atoms with Crippen LogP contribution < -0.4 is 56.7 Å². The van der Waals surface area contributed by atoms with Crippen LogP contribution in [0.3, 0.4) is 0 Å². The molecule has 19 heavy (non-hydrogen) atoms. The van der Waals surface area contributed by atoms with Crippen LogP contribution in [0, 0.1) is 5.92 Å². The monoisotopic (exact) mass is 317 g/mol. The van der Waals surface area contributed by atoms with Crippen molar-refractivity contribution in [2.24, 2.45) is 5.92 Å². The number of carbonyl (C=O) groups is 1. The molecule has 0 aromatic carbocycles. The molecule has 1 amide bonds. The molecule has 1 aromatic rings. The molecule has 0 bridgehead atoms. The first-order chi connectivity index (χ1) is 8.29.